The number of halogens is 1. The minimum Gasteiger partial charge on any atom is -0.394 e. The number of fused-ring (bicyclic) bond motifs is 1. The third-order valence-corrected chi connectivity index (χ3v) is 1.78. The van der Waals surface area contributed by atoms with E-state index in [1.165, 1.54) is 6.07 Å². The van der Waals surface area contributed by atoms with Crippen molar-refractivity contribution in [2.45, 2.75) is 6.54 Å². The van der Waals surface area contributed by atoms with Crippen molar-refractivity contribution in [3.63, 3.8) is 0 Å². The maximum Gasteiger partial charge on any atom is 0.133 e. The lowest BCUT2D eigenvalue weighted by Crippen LogP contribution is -2.01. The molecular formula is C9H8FN2O. The number of rotatable bonds is 2. The van der Waals surface area contributed by atoms with Gasteiger partial charge in [0.05, 0.1) is 18.7 Å². The fourth-order valence-electron chi connectivity index (χ4n) is 1.20. The fraction of sp³-hybridized carbons (Fsp3) is 0.222. The molecule has 0 aliphatic rings. The first-order chi connectivity index (χ1) is 6.29. The molecular weight excluding hydrogens is 171 g/mol. The molecule has 0 unspecified atom stereocenters. The summed E-state index contributed by atoms with van der Waals surface area (Å²) < 4.78 is 14.3. The van der Waals surface area contributed by atoms with Crippen LogP contribution in [0.3, 0.4) is 0 Å². The maximum atomic E-state index is 12.7. The van der Waals surface area contributed by atoms with Crippen LogP contribution in [0.1, 0.15) is 0 Å². The molecule has 1 aromatic heterocycles. The van der Waals surface area contributed by atoms with Crippen LogP contribution < -0.4 is 0 Å². The molecule has 67 valence electrons. The van der Waals surface area contributed by atoms with Crippen LogP contribution in [0, 0.1) is 11.9 Å². The van der Waals surface area contributed by atoms with Gasteiger partial charge in [-0.25, -0.2) is 4.39 Å². The van der Waals surface area contributed by atoms with Crippen LogP contribution in [0.25, 0.3) is 10.9 Å². The summed E-state index contributed by atoms with van der Waals surface area (Å²) in [6.07, 6.45) is 1.75. The molecule has 1 heterocycles. The summed E-state index contributed by atoms with van der Waals surface area (Å²) in [4.78, 5) is 0. The number of benzene rings is 1. The number of aromatic nitrogens is 2. The summed E-state index contributed by atoms with van der Waals surface area (Å²) in [6.45, 7) is 0.455. The highest BCUT2D eigenvalue weighted by Gasteiger charge is 2.00. The normalized spacial score (nSPS) is 10.9. The van der Waals surface area contributed by atoms with Gasteiger partial charge in [0.15, 0.2) is 0 Å². The lowest BCUT2D eigenvalue weighted by atomic mass is 10.2. The first-order valence-electron chi connectivity index (χ1n) is 3.95. The first-order valence-corrected chi connectivity index (χ1v) is 3.95. The molecule has 0 amide bonds. The molecule has 0 fully saturated rings. The summed E-state index contributed by atoms with van der Waals surface area (Å²) >= 11 is 0. The topological polar surface area (TPSA) is 38.0 Å². The zero-order valence-corrected chi connectivity index (χ0v) is 6.87. The number of aliphatic hydroxyl groups is 1. The molecule has 4 heteroatoms. The van der Waals surface area contributed by atoms with Crippen LogP contribution >= 0.6 is 0 Å². The Morgan fingerprint density at radius 3 is 3.23 bits per heavy atom. The molecule has 1 radical (unpaired) electrons. The van der Waals surface area contributed by atoms with E-state index in [1.807, 2.05) is 0 Å². The SMILES string of the molecule is OCCn1cc2c[c]c(F)cc2n1. The molecule has 3 nitrogen and oxygen atoms in total. The Kier molecular flexibility index (Phi) is 1.98. The molecule has 0 saturated carbocycles. The summed E-state index contributed by atoms with van der Waals surface area (Å²) in [5.41, 5.74) is 0.588. The second kappa shape index (κ2) is 3.14. The Labute approximate surface area is 74.4 Å². The second-order valence-electron chi connectivity index (χ2n) is 2.74. The minimum atomic E-state index is -0.415. The third kappa shape index (κ3) is 1.53. The smallest absolute Gasteiger partial charge is 0.133 e. The van der Waals surface area contributed by atoms with E-state index in [2.05, 4.69) is 11.2 Å². The molecule has 0 saturated heterocycles. The monoisotopic (exact) mass is 179 g/mol. The van der Waals surface area contributed by atoms with E-state index in [9.17, 15) is 4.39 Å². The van der Waals surface area contributed by atoms with Crippen LogP contribution in [0.15, 0.2) is 18.3 Å². The standard InChI is InChI=1S/C9H8FN2O/c10-8-2-1-7-6-12(3-4-13)11-9(7)5-8/h1,5-6,13H,3-4H2. The predicted octanol–water partition coefficient (Wildman–Crippen LogP) is 0.968. The Hall–Kier alpha value is -1.42. The largest absolute Gasteiger partial charge is 0.394 e. The number of nitrogens with zero attached hydrogens (tertiary/aromatic N) is 2. The van der Waals surface area contributed by atoms with Crippen molar-refractivity contribution in [2.24, 2.45) is 0 Å². The number of hydrogen-bond donors (Lipinski definition) is 1. The van der Waals surface area contributed by atoms with Gasteiger partial charge in [0.2, 0.25) is 0 Å². The van der Waals surface area contributed by atoms with Gasteiger partial charge in [-0.1, -0.05) is 0 Å². The van der Waals surface area contributed by atoms with Gasteiger partial charge in [0.25, 0.3) is 0 Å². The van der Waals surface area contributed by atoms with Gasteiger partial charge in [-0.15, -0.1) is 0 Å². The maximum absolute atomic E-state index is 12.7. The van der Waals surface area contributed by atoms with Gasteiger partial charge in [-0.2, -0.15) is 5.10 Å². The molecule has 2 rings (SSSR count). The fourth-order valence-corrected chi connectivity index (χ4v) is 1.20. The molecule has 0 aliphatic carbocycles. The molecule has 0 spiro atoms. The van der Waals surface area contributed by atoms with Crippen molar-refractivity contribution < 1.29 is 9.50 Å². The quantitative estimate of drug-likeness (QED) is 0.745. The van der Waals surface area contributed by atoms with Crippen molar-refractivity contribution in [1.29, 1.82) is 0 Å². The molecule has 13 heavy (non-hydrogen) atoms. The zero-order chi connectivity index (χ0) is 9.26. The Balaban J connectivity index is 2.49. The Morgan fingerprint density at radius 1 is 1.62 bits per heavy atom. The third-order valence-electron chi connectivity index (χ3n) is 1.78. The van der Waals surface area contributed by atoms with Crippen LogP contribution in [0.4, 0.5) is 4.39 Å². The van der Waals surface area contributed by atoms with E-state index >= 15 is 0 Å². The lowest BCUT2D eigenvalue weighted by Gasteiger charge is -1.93. The van der Waals surface area contributed by atoms with E-state index in [0.717, 1.165) is 5.39 Å². The van der Waals surface area contributed by atoms with E-state index in [-0.39, 0.29) is 6.61 Å². The van der Waals surface area contributed by atoms with Crippen LogP contribution in [-0.2, 0) is 6.54 Å². The van der Waals surface area contributed by atoms with Crippen LogP contribution in [0.5, 0.6) is 0 Å². The Morgan fingerprint density at radius 2 is 2.46 bits per heavy atom. The van der Waals surface area contributed by atoms with Crippen molar-refractivity contribution in [3.05, 3.63) is 30.2 Å². The van der Waals surface area contributed by atoms with E-state index in [4.69, 9.17) is 5.11 Å². The highest BCUT2D eigenvalue weighted by atomic mass is 19.1. The highest BCUT2D eigenvalue weighted by molar-refractivity contribution is 5.77. The molecule has 2 aromatic rings. The molecule has 1 aromatic carbocycles. The minimum absolute atomic E-state index is 0.0280. The van der Waals surface area contributed by atoms with Crippen molar-refractivity contribution >= 4 is 10.9 Å². The average Bonchev–Trinajstić information content (AvgIpc) is 2.46. The molecule has 0 atom stereocenters. The van der Waals surface area contributed by atoms with Gasteiger partial charge in [0.1, 0.15) is 5.82 Å². The van der Waals surface area contributed by atoms with Crippen LogP contribution in [0.2, 0.25) is 0 Å². The second-order valence-corrected chi connectivity index (χ2v) is 2.74. The van der Waals surface area contributed by atoms with Gasteiger partial charge < -0.3 is 5.11 Å². The zero-order valence-electron chi connectivity index (χ0n) is 6.87. The van der Waals surface area contributed by atoms with Gasteiger partial charge in [0, 0.05) is 23.7 Å². The van der Waals surface area contributed by atoms with E-state index in [0.29, 0.717) is 12.1 Å². The Bertz CT molecular complexity index is 424. The average molecular weight is 179 g/mol. The number of aliphatic hydroxyl groups excluding tert-OH is 1. The van der Waals surface area contributed by atoms with Crippen molar-refractivity contribution in [2.75, 3.05) is 6.61 Å². The van der Waals surface area contributed by atoms with Crippen molar-refractivity contribution in [1.82, 2.24) is 9.78 Å². The van der Waals surface area contributed by atoms with Gasteiger partial charge >= 0.3 is 0 Å². The van der Waals surface area contributed by atoms with Crippen LogP contribution in [-0.4, -0.2) is 21.5 Å². The molecule has 0 bridgehead atoms. The van der Waals surface area contributed by atoms with Crippen molar-refractivity contribution in [3.8, 4) is 0 Å². The van der Waals surface area contributed by atoms with E-state index < -0.39 is 5.82 Å². The summed E-state index contributed by atoms with van der Waals surface area (Å²) in [6, 6.07) is 5.32. The van der Waals surface area contributed by atoms with Gasteiger partial charge in [-0.05, 0) is 6.07 Å². The predicted molar refractivity (Wildman–Crippen MR) is 45.6 cm³/mol. The molecule has 1 N–H and O–H groups in total. The summed E-state index contributed by atoms with van der Waals surface area (Å²) in [5.74, 6) is -0.415. The lowest BCUT2D eigenvalue weighted by molar-refractivity contribution is 0.270. The summed E-state index contributed by atoms with van der Waals surface area (Å²) in [7, 11) is 0. The van der Waals surface area contributed by atoms with Gasteiger partial charge in [-0.3, -0.25) is 4.68 Å². The van der Waals surface area contributed by atoms with E-state index in [1.54, 1.807) is 16.9 Å². The first kappa shape index (κ1) is 8.19. The molecule has 0 aliphatic heterocycles. The summed E-state index contributed by atoms with van der Waals surface area (Å²) in [5, 5.41) is 13.5. The number of hydrogen-bond acceptors (Lipinski definition) is 2. The highest BCUT2D eigenvalue weighted by Crippen LogP contribution is 2.12.